The standard InChI is InChI=1S/C40H39N9O5/c50-38(44-19-17-33(18-20-44)48-27-32(42-43-48)28-54-37-16-7-6-15-36(37)49(52)53)30-11-8-12-31(25-30)39(51)45-21-23-46(24-22-45)40-41-34-13-4-5-14-35(34)47(40)26-29-9-2-1-3-10-29/h1-16,25,27,33H,17-24,26,28H2. The Labute approximate surface area is 311 Å². The Balaban J connectivity index is 0.860. The minimum Gasteiger partial charge on any atom is -0.480 e. The molecule has 2 aliphatic heterocycles. The quantitative estimate of drug-likeness (QED) is 0.130. The van der Waals surface area contributed by atoms with E-state index in [9.17, 15) is 19.7 Å². The van der Waals surface area contributed by atoms with Gasteiger partial charge < -0.3 is 24.0 Å². The molecule has 2 amide bonds. The monoisotopic (exact) mass is 725 g/mol. The molecule has 0 spiro atoms. The zero-order valence-corrected chi connectivity index (χ0v) is 29.6. The number of hydrogen-bond acceptors (Lipinski definition) is 9. The number of fused-ring (bicyclic) bond motifs is 1. The van der Waals surface area contributed by atoms with Crippen molar-refractivity contribution < 1.29 is 19.2 Å². The number of rotatable bonds is 10. The summed E-state index contributed by atoms with van der Waals surface area (Å²) in [6, 6.07) is 31.8. The number of carbonyl (C=O) groups is 2. The van der Waals surface area contributed by atoms with Crippen molar-refractivity contribution in [1.82, 2.24) is 34.3 Å². The second-order valence-electron chi connectivity index (χ2n) is 13.6. The van der Waals surface area contributed by atoms with Gasteiger partial charge in [0.25, 0.3) is 11.8 Å². The van der Waals surface area contributed by atoms with Crippen LogP contribution in [-0.4, -0.2) is 90.4 Å². The van der Waals surface area contributed by atoms with E-state index in [1.165, 1.54) is 11.6 Å². The second kappa shape index (κ2) is 15.2. The number of ether oxygens (including phenoxy) is 1. The van der Waals surface area contributed by atoms with E-state index in [-0.39, 0.29) is 35.9 Å². The van der Waals surface area contributed by atoms with E-state index in [1.54, 1.807) is 53.3 Å². The number of piperidine rings is 1. The van der Waals surface area contributed by atoms with Gasteiger partial charge in [-0.15, -0.1) is 5.10 Å². The van der Waals surface area contributed by atoms with E-state index < -0.39 is 4.92 Å². The Morgan fingerprint density at radius 1 is 0.778 bits per heavy atom. The minimum atomic E-state index is -0.482. The predicted molar refractivity (Wildman–Crippen MR) is 201 cm³/mol. The van der Waals surface area contributed by atoms with Crippen LogP contribution in [0.2, 0.25) is 0 Å². The van der Waals surface area contributed by atoms with E-state index in [2.05, 4.69) is 38.0 Å². The van der Waals surface area contributed by atoms with Crippen molar-refractivity contribution >= 4 is 34.5 Å². The molecule has 2 fully saturated rings. The molecule has 0 unspecified atom stereocenters. The van der Waals surface area contributed by atoms with Crippen molar-refractivity contribution in [3.8, 4) is 5.75 Å². The maximum absolute atomic E-state index is 13.7. The summed E-state index contributed by atoms with van der Waals surface area (Å²) in [6.45, 7) is 4.19. The lowest BCUT2D eigenvalue weighted by molar-refractivity contribution is -0.385. The maximum Gasteiger partial charge on any atom is 0.310 e. The first-order valence-electron chi connectivity index (χ1n) is 18.1. The molecular weight excluding hydrogens is 686 g/mol. The number of para-hydroxylation sites is 4. The van der Waals surface area contributed by atoms with Crippen LogP contribution in [0, 0.1) is 10.1 Å². The number of anilines is 1. The van der Waals surface area contributed by atoms with Gasteiger partial charge in [0.05, 0.1) is 34.7 Å². The molecule has 14 heteroatoms. The summed E-state index contributed by atoms with van der Waals surface area (Å²) in [6.07, 6.45) is 3.15. The molecule has 4 aromatic carbocycles. The highest BCUT2D eigenvalue weighted by Crippen LogP contribution is 2.28. The number of aromatic nitrogens is 5. The van der Waals surface area contributed by atoms with Crippen LogP contribution < -0.4 is 9.64 Å². The lowest BCUT2D eigenvalue weighted by Crippen LogP contribution is -2.49. The number of carbonyl (C=O) groups excluding carboxylic acids is 2. The van der Waals surface area contributed by atoms with Gasteiger partial charge in [-0.05, 0) is 54.8 Å². The van der Waals surface area contributed by atoms with Gasteiger partial charge in [0.15, 0.2) is 5.75 Å². The molecule has 0 N–H and O–H groups in total. The summed E-state index contributed by atoms with van der Waals surface area (Å²) in [4.78, 5) is 49.1. The van der Waals surface area contributed by atoms with Gasteiger partial charge in [-0.3, -0.25) is 19.7 Å². The van der Waals surface area contributed by atoms with Crippen LogP contribution in [0.25, 0.3) is 11.0 Å². The lowest BCUT2D eigenvalue weighted by atomic mass is 10.0. The van der Waals surface area contributed by atoms with Crippen LogP contribution in [-0.2, 0) is 13.2 Å². The van der Waals surface area contributed by atoms with E-state index in [0.29, 0.717) is 75.5 Å². The normalized spacial score (nSPS) is 15.1. The fourth-order valence-electron chi connectivity index (χ4n) is 7.26. The summed E-state index contributed by atoms with van der Waals surface area (Å²) in [5, 5.41) is 19.7. The van der Waals surface area contributed by atoms with Gasteiger partial charge in [0, 0.05) is 56.5 Å². The molecular formula is C40H39N9O5. The number of benzene rings is 4. The molecule has 0 bridgehead atoms. The number of hydrogen-bond donors (Lipinski definition) is 0. The van der Waals surface area contributed by atoms with Crippen molar-refractivity contribution in [1.29, 1.82) is 0 Å². The Morgan fingerprint density at radius 2 is 1.44 bits per heavy atom. The SMILES string of the molecule is O=C(c1cccc(C(=O)N2CCN(c3nc4ccccc4n3Cc3ccccc3)CC2)c1)N1CCC(n2cc(COc3ccccc3[N+](=O)[O-])nn2)CC1. The zero-order valence-electron chi connectivity index (χ0n) is 29.6. The molecule has 6 aromatic rings. The molecule has 0 atom stereocenters. The summed E-state index contributed by atoms with van der Waals surface area (Å²) < 4.78 is 9.69. The molecule has 54 heavy (non-hydrogen) atoms. The van der Waals surface area contributed by atoms with Gasteiger partial charge in [0.1, 0.15) is 12.3 Å². The molecule has 14 nitrogen and oxygen atoms in total. The average molecular weight is 726 g/mol. The highest BCUT2D eigenvalue weighted by atomic mass is 16.6. The zero-order chi connectivity index (χ0) is 37.0. The molecule has 0 saturated carbocycles. The number of piperazine rings is 1. The average Bonchev–Trinajstić information content (AvgIpc) is 3.85. The summed E-state index contributed by atoms with van der Waals surface area (Å²) in [7, 11) is 0. The smallest absolute Gasteiger partial charge is 0.310 e. The molecule has 0 radical (unpaired) electrons. The molecule has 0 aliphatic carbocycles. The van der Waals surface area contributed by atoms with Crippen LogP contribution in [0.5, 0.6) is 5.75 Å². The predicted octanol–water partition coefficient (Wildman–Crippen LogP) is 5.60. The first-order valence-corrected chi connectivity index (χ1v) is 18.1. The number of nitro groups is 1. The van der Waals surface area contributed by atoms with Crippen LogP contribution in [0.3, 0.4) is 0 Å². The third kappa shape index (κ3) is 7.22. The molecule has 2 aromatic heterocycles. The second-order valence-corrected chi connectivity index (χ2v) is 13.6. The third-order valence-corrected chi connectivity index (χ3v) is 10.1. The number of likely N-dealkylation sites (tertiary alicyclic amines) is 1. The van der Waals surface area contributed by atoms with Crippen molar-refractivity contribution in [2.24, 2.45) is 0 Å². The first kappa shape index (κ1) is 34.5. The van der Waals surface area contributed by atoms with Gasteiger partial charge >= 0.3 is 5.69 Å². The fraction of sp³-hybridized carbons (Fsp3) is 0.275. The summed E-state index contributed by atoms with van der Waals surface area (Å²) >= 11 is 0. The highest BCUT2D eigenvalue weighted by molar-refractivity contribution is 5.99. The molecule has 8 rings (SSSR count). The maximum atomic E-state index is 13.7. The van der Waals surface area contributed by atoms with Crippen molar-refractivity contribution in [3.05, 3.63) is 142 Å². The minimum absolute atomic E-state index is 0.0442. The Bertz CT molecular complexity index is 2290. The Hall–Kier alpha value is -6.57. The van der Waals surface area contributed by atoms with Gasteiger partial charge in [-0.2, -0.15) is 0 Å². The first-order chi connectivity index (χ1) is 26.4. The summed E-state index contributed by atoms with van der Waals surface area (Å²) in [5.74, 6) is 0.874. The van der Waals surface area contributed by atoms with E-state index in [4.69, 9.17) is 9.72 Å². The highest BCUT2D eigenvalue weighted by Gasteiger charge is 2.29. The van der Waals surface area contributed by atoms with Crippen molar-refractivity contribution in [3.63, 3.8) is 0 Å². The molecule has 2 aliphatic rings. The number of nitro benzene ring substituents is 1. The third-order valence-electron chi connectivity index (χ3n) is 10.1. The van der Waals surface area contributed by atoms with Crippen molar-refractivity contribution in [2.75, 3.05) is 44.2 Å². The van der Waals surface area contributed by atoms with Gasteiger partial charge in [-0.25, -0.2) is 9.67 Å². The van der Waals surface area contributed by atoms with Crippen LogP contribution in [0.1, 0.15) is 50.9 Å². The van der Waals surface area contributed by atoms with Gasteiger partial charge in [0.2, 0.25) is 5.95 Å². The largest absolute Gasteiger partial charge is 0.480 e. The lowest BCUT2D eigenvalue weighted by Gasteiger charge is -2.35. The van der Waals surface area contributed by atoms with Crippen molar-refractivity contribution in [2.45, 2.75) is 32.0 Å². The van der Waals surface area contributed by atoms with Gasteiger partial charge in [-0.1, -0.05) is 65.9 Å². The number of imidazole rings is 1. The molecule has 274 valence electrons. The number of amides is 2. The summed E-state index contributed by atoms with van der Waals surface area (Å²) in [5.41, 5.74) is 4.65. The molecule has 4 heterocycles. The molecule has 2 saturated heterocycles. The van der Waals surface area contributed by atoms with E-state index in [1.807, 2.05) is 46.2 Å². The number of nitrogens with zero attached hydrogens (tertiary/aromatic N) is 9. The van der Waals surface area contributed by atoms with E-state index >= 15 is 0 Å². The van der Waals surface area contributed by atoms with Crippen LogP contribution in [0.4, 0.5) is 11.6 Å². The fourth-order valence-corrected chi connectivity index (χ4v) is 7.26. The topological polar surface area (TPSA) is 145 Å². The van der Waals surface area contributed by atoms with E-state index in [0.717, 1.165) is 17.0 Å². The van der Waals surface area contributed by atoms with Crippen LogP contribution in [0.15, 0.2) is 109 Å². The Kier molecular flexibility index (Phi) is 9.71. The van der Waals surface area contributed by atoms with Crippen LogP contribution >= 0.6 is 0 Å². The Morgan fingerprint density at radius 3 is 2.19 bits per heavy atom.